The highest BCUT2D eigenvalue weighted by Gasteiger charge is 2.22. The zero-order valence-electron chi connectivity index (χ0n) is 13.8. The van der Waals surface area contributed by atoms with E-state index >= 15 is 0 Å². The van der Waals surface area contributed by atoms with Gasteiger partial charge in [-0.25, -0.2) is 0 Å². The average Bonchev–Trinajstić information content (AvgIpc) is 2.47. The lowest BCUT2D eigenvalue weighted by Crippen LogP contribution is -2.42. The molecule has 2 rings (SSSR count). The van der Waals surface area contributed by atoms with Crippen molar-refractivity contribution in [3.63, 3.8) is 0 Å². The molecule has 0 aliphatic carbocycles. The first-order valence-corrected chi connectivity index (χ1v) is 8.53. The molecular formula is C18H29ClN2. The van der Waals surface area contributed by atoms with Gasteiger partial charge < -0.3 is 9.80 Å². The van der Waals surface area contributed by atoms with E-state index in [0.717, 1.165) is 6.54 Å². The Kier molecular flexibility index (Phi) is 6.09. The van der Waals surface area contributed by atoms with Crippen molar-refractivity contribution < 1.29 is 0 Å². The van der Waals surface area contributed by atoms with E-state index in [0.29, 0.717) is 12.0 Å². The van der Waals surface area contributed by atoms with Gasteiger partial charge in [0.25, 0.3) is 0 Å². The van der Waals surface area contributed by atoms with Crippen LogP contribution in [-0.2, 0) is 0 Å². The van der Waals surface area contributed by atoms with Gasteiger partial charge >= 0.3 is 0 Å². The van der Waals surface area contributed by atoms with Crippen LogP contribution in [0.3, 0.4) is 0 Å². The topological polar surface area (TPSA) is 6.48 Å². The normalized spacial score (nSPS) is 19.4. The molecular weight excluding hydrogens is 280 g/mol. The predicted octanol–water partition coefficient (Wildman–Crippen LogP) is 4.12. The van der Waals surface area contributed by atoms with Crippen molar-refractivity contribution in [2.75, 3.05) is 33.7 Å². The summed E-state index contributed by atoms with van der Waals surface area (Å²) in [4.78, 5) is 4.86. The summed E-state index contributed by atoms with van der Waals surface area (Å²) in [6, 6.07) is 9.48. The minimum atomic E-state index is 0.0795. The first-order chi connectivity index (χ1) is 9.97. The summed E-state index contributed by atoms with van der Waals surface area (Å²) < 4.78 is 0. The van der Waals surface area contributed by atoms with Crippen LogP contribution in [0.4, 0.5) is 0 Å². The number of benzene rings is 1. The van der Waals surface area contributed by atoms with Gasteiger partial charge in [-0.3, -0.25) is 0 Å². The van der Waals surface area contributed by atoms with Gasteiger partial charge in [-0.05, 0) is 57.1 Å². The lowest BCUT2D eigenvalue weighted by Gasteiger charge is -2.36. The molecule has 1 saturated heterocycles. The standard InChI is InChI=1S/C18H29ClN2/c1-14(2)15-5-7-16(8-6-15)18(19)13-21(4)17-9-11-20(3)12-10-17/h5-8,14,17-18H,9-13H2,1-4H3. The Hall–Kier alpha value is -0.570. The fourth-order valence-corrected chi connectivity index (χ4v) is 3.40. The summed E-state index contributed by atoms with van der Waals surface area (Å²) in [5.74, 6) is 0.578. The fourth-order valence-electron chi connectivity index (χ4n) is 3.03. The van der Waals surface area contributed by atoms with Gasteiger partial charge in [0.2, 0.25) is 0 Å². The number of nitrogens with zero attached hydrogens (tertiary/aromatic N) is 2. The van der Waals surface area contributed by atoms with Crippen molar-refractivity contribution in [2.24, 2.45) is 0 Å². The molecule has 1 fully saturated rings. The van der Waals surface area contributed by atoms with Crippen LogP contribution < -0.4 is 0 Å². The lowest BCUT2D eigenvalue weighted by atomic mass is 10.00. The van der Waals surface area contributed by atoms with Gasteiger partial charge in [0.05, 0.1) is 5.38 Å². The zero-order chi connectivity index (χ0) is 15.4. The van der Waals surface area contributed by atoms with E-state index in [1.54, 1.807) is 0 Å². The number of alkyl halides is 1. The molecule has 1 unspecified atom stereocenters. The number of rotatable bonds is 5. The van der Waals surface area contributed by atoms with Crippen LogP contribution in [-0.4, -0.2) is 49.6 Å². The molecule has 21 heavy (non-hydrogen) atoms. The molecule has 0 N–H and O–H groups in total. The summed E-state index contributed by atoms with van der Waals surface area (Å²) in [6.07, 6.45) is 2.51. The van der Waals surface area contributed by atoms with E-state index in [2.05, 4.69) is 62.0 Å². The van der Waals surface area contributed by atoms with E-state index < -0.39 is 0 Å². The highest BCUT2D eigenvalue weighted by atomic mass is 35.5. The Morgan fingerprint density at radius 3 is 2.19 bits per heavy atom. The minimum absolute atomic E-state index is 0.0795. The average molecular weight is 309 g/mol. The number of piperidine rings is 1. The molecule has 0 radical (unpaired) electrons. The maximum Gasteiger partial charge on any atom is 0.0712 e. The molecule has 0 amide bonds. The third kappa shape index (κ3) is 4.70. The third-order valence-corrected chi connectivity index (χ3v) is 5.11. The highest BCUT2D eigenvalue weighted by molar-refractivity contribution is 6.21. The van der Waals surface area contributed by atoms with E-state index in [4.69, 9.17) is 11.6 Å². The maximum absolute atomic E-state index is 6.63. The summed E-state index contributed by atoms with van der Waals surface area (Å²) in [7, 11) is 4.42. The van der Waals surface area contributed by atoms with E-state index in [1.165, 1.54) is 37.1 Å². The molecule has 118 valence electrons. The van der Waals surface area contributed by atoms with Crippen molar-refractivity contribution in [3.8, 4) is 0 Å². The van der Waals surface area contributed by atoms with E-state index in [1.807, 2.05) is 0 Å². The zero-order valence-corrected chi connectivity index (χ0v) is 14.6. The molecule has 3 heteroatoms. The van der Waals surface area contributed by atoms with Crippen LogP contribution in [0.5, 0.6) is 0 Å². The van der Waals surface area contributed by atoms with Crippen molar-refractivity contribution >= 4 is 11.6 Å². The van der Waals surface area contributed by atoms with Gasteiger partial charge in [0.15, 0.2) is 0 Å². The van der Waals surface area contributed by atoms with Crippen molar-refractivity contribution in [2.45, 2.75) is 44.0 Å². The molecule has 1 aliphatic heterocycles. The van der Waals surface area contributed by atoms with Crippen molar-refractivity contribution in [1.82, 2.24) is 9.80 Å². The molecule has 2 nitrogen and oxygen atoms in total. The number of hydrogen-bond donors (Lipinski definition) is 0. The molecule has 1 atom stereocenters. The molecule has 0 saturated carbocycles. The van der Waals surface area contributed by atoms with Crippen LogP contribution in [0.15, 0.2) is 24.3 Å². The molecule has 1 aromatic carbocycles. The number of hydrogen-bond acceptors (Lipinski definition) is 2. The Morgan fingerprint density at radius 1 is 1.14 bits per heavy atom. The smallest absolute Gasteiger partial charge is 0.0712 e. The SMILES string of the molecule is CC(C)c1ccc(C(Cl)CN(C)C2CCN(C)CC2)cc1. The Morgan fingerprint density at radius 2 is 1.67 bits per heavy atom. The van der Waals surface area contributed by atoms with Gasteiger partial charge in [-0.2, -0.15) is 0 Å². The van der Waals surface area contributed by atoms with Crippen LogP contribution >= 0.6 is 11.6 Å². The second-order valence-electron chi connectivity index (χ2n) is 6.76. The van der Waals surface area contributed by atoms with Gasteiger partial charge in [-0.1, -0.05) is 38.1 Å². The Labute approximate surface area is 135 Å². The lowest BCUT2D eigenvalue weighted by molar-refractivity contribution is 0.144. The fraction of sp³-hybridized carbons (Fsp3) is 0.667. The Balaban J connectivity index is 1.89. The molecule has 1 heterocycles. The minimum Gasteiger partial charge on any atom is -0.306 e. The highest BCUT2D eigenvalue weighted by Crippen LogP contribution is 2.25. The molecule has 0 spiro atoms. The van der Waals surface area contributed by atoms with E-state index in [9.17, 15) is 0 Å². The van der Waals surface area contributed by atoms with E-state index in [-0.39, 0.29) is 5.38 Å². The number of likely N-dealkylation sites (N-methyl/N-ethyl adjacent to an activating group) is 1. The number of halogens is 1. The first-order valence-electron chi connectivity index (χ1n) is 8.10. The largest absolute Gasteiger partial charge is 0.306 e. The summed E-state index contributed by atoms with van der Waals surface area (Å²) >= 11 is 6.63. The quantitative estimate of drug-likeness (QED) is 0.755. The van der Waals surface area contributed by atoms with Gasteiger partial charge in [0, 0.05) is 12.6 Å². The van der Waals surface area contributed by atoms with Gasteiger partial charge in [-0.15, -0.1) is 11.6 Å². The van der Waals surface area contributed by atoms with Crippen LogP contribution in [0, 0.1) is 0 Å². The van der Waals surface area contributed by atoms with Gasteiger partial charge in [0.1, 0.15) is 0 Å². The summed E-state index contributed by atoms with van der Waals surface area (Å²) in [6.45, 7) is 7.77. The first kappa shape index (κ1) is 16.8. The third-order valence-electron chi connectivity index (χ3n) is 4.72. The summed E-state index contributed by atoms with van der Waals surface area (Å²) in [5.41, 5.74) is 2.62. The van der Waals surface area contributed by atoms with Crippen LogP contribution in [0.1, 0.15) is 49.1 Å². The molecule has 0 bridgehead atoms. The van der Waals surface area contributed by atoms with Crippen molar-refractivity contribution in [3.05, 3.63) is 35.4 Å². The second-order valence-corrected chi connectivity index (χ2v) is 7.29. The maximum atomic E-state index is 6.63. The molecule has 1 aromatic rings. The number of likely N-dealkylation sites (tertiary alicyclic amines) is 1. The summed E-state index contributed by atoms with van der Waals surface area (Å²) in [5, 5.41) is 0.0795. The predicted molar refractivity (Wildman–Crippen MR) is 92.3 cm³/mol. The molecule has 0 aromatic heterocycles. The monoisotopic (exact) mass is 308 g/mol. The van der Waals surface area contributed by atoms with Crippen LogP contribution in [0.2, 0.25) is 0 Å². The van der Waals surface area contributed by atoms with Crippen molar-refractivity contribution in [1.29, 1.82) is 0 Å². The second kappa shape index (κ2) is 7.62. The Bertz CT molecular complexity index is 421. The molecule has 1 aliphatic rings. The van der Waals surface area contributed by atoms with Crippen LogP contribution in [0.25, 0.3) is 0 Å².